The van der Waals surface area contributed by atoms with Crippen LogP contribution >= 0.6 is 0 Å². The van der Waals surface area contributed by atoms with E-state index >= 15 is 0 Å². The zero-order valence-corrected chi connectivity index (χ0v) is 20.3. The predicted octanol–water partition coefficient (Wildman–Crippen LogP) is 3.64. The van der Waals surface area contributed by atoms with Gasteiger partial charge in [0.05, 0.1) is 26.4 Å². The molecule has 1 heterocycles. The second kappa shape index (κ2) is 11.3. The van der Waals surface area contributed by atoms with Gasteiger partial charge in [-0.25, -0.2) is 8.42 Å². The Morgan fingerprint density at radius 3 is 2.14 bits per heavy atom. The molecule has 0 aromatic heterocycles. The van der Waals surface area contributed by atoms with E-state index in [1.54, 1.807) is 18.2 Å². The van der Waals surface area contributed by atoms with Gasteiger partial charge in [-0.2, -0.15) is 4.31 Å². The predicted molar refractivity (Wildman–Crippen MR) is 134 cm³/mol. The summed E-state index contributed by atoms with van der Waals surface area (Å²) < 4.78 is 38.4. The van der Waals surface area contributed by atoms with Gasteiger partial charge in [-0.05, 0) is 34.9 Å². The molecule has 0 bridgehead atoms. The lowest BCUT2D eigenvalue weighted by Crippen LogP contribution is -2.40. The molecule has 3 aromatic rings. The van der Waals surface area contributed by atoms with Crippen LogP contribution in [0.4, 0.5) is 0 Å². The van der Waals surface area contributed by atoms with Gasteiger partial charge in [0.15, 0.2) is 0 Å². The molecule has 1 fully saturated rings. The Hall–Kier alpha value is -3.46. The van der Waals surface area contributed by atoms with Crippen molar-refractivity contribution in [3.63, 3.8) is 0 Å². The fourth-order valence-corrected chi connectivity index (χ4v) is 5.54. The van der Waals surface area contributed by atoms with Gasteiger partial charge in [-0.15, -0.1) is 0 Å². The van der Waals surface area contributed by atoms with Crippen LogP contribution in [0, 0.1) is 0 Å². The zero-order chi connectivity index (χ0) is 24.7. The van der Waals surface area contributed by atoms with Gasteiger partial charge in [0.2, 0.25) is 15.9 Å². The van der Waals surface area contributed by atoms with Gasteiger partial charge >= 0.3 is 0 Å². The van der Waals surface area contributed by atoms with Crippen LogP contribution in [-0.4, -0.2) is 52.0 Å². The number of amides is 1. The number of methoxy groups -OCH3 is 1. The van der Waals surface area contributed by atoms with Crippen molar-refractivity contribution in [1.82, 2.24) is 9.62 Å². The Morgan fingerprint density at radius 2 is 1.57 bits per heavy atom. The molecule has 1 N–H and O–H groups in total. The van der Waals surface area contributed by atoms with Crippen LogP contribution in [-0.2, 0) is 19.6 Å². The number of sulfonamides is 1. The second-order valence-electron chi connectivity index (χ2n) is 8.02. The summed E-state index contributed by atoms with van der Waals surface area (Å²) in [7, 11) is -2.33. The van der Waals surface area contributed by atoms with Crippen LogP contribution in [0.5, 0.6) is 5.75 Å². The highest BCUT2D eigenvalue weighted by molar-refractivity contribution is 7.89. The molecule has 35 heavy (non-hydrogen) atoms. The van der Waals surface area contributed by atoms with Crippen LogP contribution in [0.3, 0.4) is 0 Å². The average Bonchev–Trinajstić information content (AvgIpc) is 2.92. The van der Waals surface area contributed by atoms with E-state index in [4.69, 9.17) is 9.47 Å². The first-order chi connectivity index (χ1) is 17.0. The average molecular weight is 493 g/mol. The van der Waals surface area contributed by atoms with Gasteiger partial charge in [0, 0.05) is 19.2 Å². The molecule has 0 spiro atoms. The van der Waals surface area contributed by atoms with Crippen molar-refractivity contribution in [1.29, 1.82) is 0 Å². The van der Waals surface area contributed by atoms with E-state index in [1.165, 1.54) is 23.6 Å². The Balaban J connectivity index is 1.56. The molecule has 0 aliphatic carbocycles. The first kappa shape index (κ1) is 24.7. The molecule has 1 amide bonds. The first-order valence-corrected chi connectivity index (χ1v) is 12.8. The molecular formula is C27H28N2O5S. The Labute approximate surface area is 206 Å². The topological polar surface area (TPSA) is 84.9 Å². The van der Waals surface area contributed by atoms with Crippen molar-refractivity contribution in [2.45, 2.75) is 10.9 Å². The van der Waals surface area contributed by atoms with Crippen molar-refractivity contribution < 1.29 is 22.7 Å². The maximum absolute atomic E-state index is 13.2. The van der Waals surface area contributed by atoms with E-state index in [0.717, 1.165) is 11.1 Å². The monoisotopic (exact) mass is 492 g/mol. The number of benzene rings is 3. The van der Waals surface area contributed by atoms with Crippen LogP contribution in [0.1, 0.15) is 22.7 Å². The number of nitrogens with zero attached hydrogens (tertiary/aromatic N) is 1. The number of carbonyl (C=O) groups excluding carboxylic acids is 1. The molecule has 4 rings (SSSR count). The molecule has 0 saturated carbocycles. The smallest absolute Gasteiger partial charge is 0.246 e. The fourth-order valence-electron chi connectivity index (χ4n) is 3.94. The summed E-state index contributed by atoms with van der Waals surface area (Å²) >= 11 is 0. The number of nitrogens with one attached hydrogen (secondary N) is 1. The van der Waals surface area contributed by atoms with Gasteiger partial charge in [0.1, 0.15) is 10.6 Å². The van der Waals surface area contributed by atoms with Crippen molar-refractivity contribution in [3.8, 4) is 5.75 Å². The summed E-state index contributed by atoms with van der Waals surface area (Å²) in [6, 6.07) is 24.0. The van der Waals surface area contributed by atoms with Crippen molar-refractivity contribution in [2.75, 3.05) is 33.4 Å². The molecular weight excluding hydrogens is 464 g/mol. The van der Waals surface area contributed by atoms with E-state index in [9.17, 15) is 13.2 Å². The summed E-state index contributed by atoms with van der Waals surface area (Å²) in [6.07, 6.45) is 3.01. The summed E-state index contributed by atoms with van der Waals surface area (Å²) in [5, 5.41) is 3.05. The van der Waals surface area contributed by atoms with E-state index in [-0.39, 0.29) is 35.7 Å². The largest absolute Gasteiger partial charge is 0.495 e. The highest BCUT2D eigenvalue weighted by atomic mass is 32.2. The Morgan fingerprint density at radius 1 is 0.971 bits per heavy atom. The number of morpholine rings is 1. The standard InChI is InChI=1S/C27H28N2O5S/c1-33-24-14-12-21(20-25(24)35(31,32)29-16-18-34-19-17-29)13-15-26(30)28-27(22-8-4-2-5-9-22)23-10-6-3-7-11-23/h2-15,20,27H,16-19H2,1H3,(H,28,30). The number of hydrogen-bond acceptors (Lipinski definition) is 5. The Bertz CT molecular complexity index is 1230. The van der Waals surface area contributed by atoms with Gasteiger partial charge in [-0.3, -0.25) is 4.79 Å². The lowest BCUT2D eigenvalue weighted by atomic mass is 9.98. The van der Waals surface area contributed by atoms with Gasteiger partial charge in [0.25, 0.3) is 0 Å². The van der Waals surface area contributed by atoms with E-state index in [1.807, 2.05) is 60.7 Å². The molecule has 0 radical (unpaired) electrons. The molecule has 0 unspecified atom stereocenters. The van der Waals surface area contributed by atoms with Gasteiger partial charge < -0.3 is 14.8 Å². The lowest BCUT2D eigenvalue weighted by Gasteiger charge is -2.26. The summed E-state index contributed by atoms with van der Waals surface area (Å²) in [4.78, 5) is 12.9. The van der Waals surface area contributed by atoms with Crippen LogP contribution < -0.4 is 10.1 Å². The van der Waals surface area contributed by atoms with E-state index in [2.05, 4.69) is 5.32 Å². The molecule has 1 aliphatic heterocycles. The molecule has 7 nitrogen and oxygen atoms in total. The normalized spacial score (nSPS) is 14.8. The maximum atomic E-state index is 13.2. The van der Waals surface area contributed by atoms with E-state index < -0.39 is 10.0 Å². The maximum Gasteiger partial charge on any atom is 0.246 e. The van der Waals surface area contributed by atoms with Crippen molar-refractivity contribution >= 4 is 22.0 Å². The van der Waals surface area contributed by atoms with Crippen molar-refractivity contribution in [3.05, 3.63) is 102 Å². The van der Waals surface area contributed by atoms with Crippen LogP contribution in [0.2, 0.25) is 0 Å². The minimum absolute atomic E-state index is 0.0657. The molecule has 8 heteroatoms. The quantitative estimate of drug-likeness (QED) is 0.486. The third kappa shape index (κ3) is 5.97. The SMILES string of the molecule is COc1ccc(C=CC(=O)NC(c2ccccc2)c2ccccc2)cc1S(=O)(=O)N1CCOCC1. The number of carbonyl (C=O) groups is 1. The molecule has 1 saturated heterocycles. The molecule has 3 aromatic carbocycles. The second-order valence-corrected chi connectivity index (χ2v) is 9.93. The highest BCUT2D eigenvalue weighted by Crippen LogP contribution is 2.29. The zero-order valence-electron chi connectivity index (χ0n) is 19.5. The van der Waals surface area contributed by atoms with Crippen LogP contribution in [0.25, 0.3) is 6.08 Å². The Kier molecular flexibility index (Phi) is 7.97. The van der Waals surface area contributed by atoms with Crippen LogP contribution in [0.15, 0.2) is 89.8 Å². The lowest BCUT2D eigenvalue weighted by molar-refractivity contribution is -0.116. The number of rotatable bonds is 8. The third-order valence-electron chi connectivity index (χ3n) is 5.76. The minimum atomic E-state index is -3.76. The fraction of sp³-hybridized carbons (Fsp3) is 0.222. The third-order valence-corrected chi connectivity index (χ3v) is 7.67. The van der Waals surface area contributed by atoms with Gasteiger partial charge in [-0.1, -0.05) is 66.7 Å². The first-order valence-electron chi connectivity index (χ1n) is 11.3. The highest BCUT2D eigenvalue weighted by Gasteiger charge is 2.29. The number of ether oxygens (including phenoxy) is 2. The molecule has 0 atom stereocenters. The minimum Gasteiger partial charge on any atom is -0.495 e. The van der Waals surface area contributed by atoms with E-state index in [0.29, 0.717) is 18.8 Å². The molecule has 182 valence electrons. The molecule has 1 aliphatic rings. The number of hydrogen-bond donors (Lipinski definition) is 1. The summed E-state index contributed by atoms with van der Waals surface area (Å²) in [6.45, 7) is 1.28. The summed E-state index contributed by atoms with van der Waals surface area (Å²) in [5.41, 5.74) is 2.50. The van der Waals surface area contributed by atoms with Crippen molar-refractivity contribution in [2.24, 2.45) is 0 Å². The summed E-state index contributed by atoms with van der Waals surface area (Å²) in [5.74, 6) is -0.0394.